The van der Waals surface area contributed by atoms with E-state index in [-0.39, 0.29) is 17.0 Å². The predicted octanol–water partition coefficient (Wildman–Crippen LogP) is 4.49. The van der Waals surface area contributed by atoms with Gasteiger partial charge in [-0.2, -0.15) is 0 Å². The average Bonchev–Trinajstić information content (AvgIpc) is 3.19. The molecule has 2 saturated heterocycles. The van der Waals surface area contributed by atoms with Crippen LogP contribution in [0.2, 0.25) is 0 Å². The molecule has 34 heavy (non-hydrogen) atoms. The summed E-state index contributed by atoms with van der Waals surface area (Å²) in [5, 5.41) is 4.75. The lowest BCUT2D eigenvalue weighted by atomic mass is 9.94. The Balaban J connectivity index is 1.66. The summed E-state index contributed by atoms with van der Waals surface area (Å²) in [7, 11) is 0. The van der Waals surface area contributed by atoms with Crippen LogP contribution in [0.1, 0.15) is 30.9 Å². The van der Waals surface area contributed by atoms with Gasteiger partial charge in [0.25, 0.3) is 0 Å². The monoisotopic (exact) mass is 457 g/mol. The molecular formula is C27H25F2N5. The first-order chi connectivity index (χ1) is 16.5. The standard InChI is InChI=1S/C27H25F2N5/c1-4-19-22(28)12-9-16-7-6-8-20(23(16)19)25-24(29)26(31-5-2)21(13-32-25)27(30-3)34-14-17-10-11-18(15-34)33-17/h1,6-9,12-13,17-18,33H,3,5,10-11,14-15H2,2H3/b27-21+,31-26?. The molecule has 2 bridgehead atoms. The zero-order chi connectivity index (χ0) is 23.8. The van der Waals surface area contributed by atoms with Crippen LogP contribution in [0.5, 0.6) is 0 Å². The van der Waals surface area contributed by atoms with Crippen LogP contribution in [0.3, 0.4) is 0 Å². The van der Waals surface area contributed by atoms with E-state index < -0.39 is 11.6 Å². The second-order valence-electron chi connectivity index (χ2n) is 8.65. The van der Waals surface area contributed by atoms with Crippen LogP contribution >= 0.6 is 0 Å². The molecule has 5 rings (SSSR count). The Morgan fingerprint density at radius 2 is 2.00 bits per heavy atom. The highest BCUT2D eigenvalue weighted by molar-refractivity contribution is 6.29. The molecule has 3 heterocycles. The maximum absolute atomic E-state index is 16.1. The van der Waals surface area contributed by atoms with Gasteiger partial charge in [-0.1, -0.05) is 30.2 Å². The van der Waals surface area contributed by atoms with E-state index >= 15 is 4.39 Å². The topological polar surface area (TPSA) is 52.4 Å². The van der Waals surface area contributed by atoms with Crippen LogP contribution in [0.15, 0.2) is 62.5 Å². The van der Waals surface area contributed by atoms with Gasteiger partial charge in [-0.25, -0.2) is 13.8 Å². The minimum absolute atomic E-state index is 0.0763. The van der Waals surface area contributed by atoms with Gasteiger partial charge in [0.05, 0.1) is 11.1 Å². The van der Waals surface area contributed by atoms with Crippen molar-refractivity contribution in [2.45, 2.75) is 31.8 Å². The van der Waals surface area contributed by atoms with E-state index in [9.17, 15) is 4.39 Å². The number of likely N-dealkylation sites (tertiary alicyclic amines) is 1. The quantitative estimate of drug-likeness (QED) is 0.543. The molecule has 5 nitrogen and oxygen atoms in total. The zero-order valence-electron chi connectivity index (χ0n) is 19.0. The Morgan fingerprint density at radius 1 is 1.24 bits per heavy atom. The molecule has 2 fully saturated rings. The van der Waals surface area contributed by atoms with Gasteiger partial charge < -0.3 is 10.2 Å². The molecule has 3 aliphatic rings. The summed E-state index contributed by atoms with van der Waals surface area (Å²) < 4.78 is 30.6. The highest BCUT2D eigenvalue weighted by atomic mass is 19.1. The van der Waals surface area contributed by atoms with Gasteiger partial charge in [-0.3, -0.25) is 9.98 Å². The Labute approximate surface area is 197 Å². The summed E-state index contributed by atoms with van der Waals surface area (Å²) in [6.45, 7) is 7.53. The molecule has 2 aromatic carbocycles. The molecule has 3 aliphatic heterocycles. The first kappa shape index (κ1) is 22.2. The van der Waals surface area contributed by atoms with Gasteiger partial charge in [0.2, 0.25) is 0 Å². The van der Waals surface area contributed by atoms with Gasteiger partial charge in [0, 0.05) is 48.9 Å². The first-order valence-electron chi connectivity index (χ1n) is 11.4. The van der Waals surface area contributed by atoms with Crippen molar-refractivity contribution in [1.82, 2.24) is 10.2 Å². The zero-order valence-corrected chi connectivity index (χ0v) is 19.0. The molecule has 2 unspecified atom stereocenters. The molecule has 0 saturated carbocycles. The number of rotatable bonds is 4. The summed E-state index contributed by atoms with van der Waals surface area (Å²) >= 11 is 0. The molecule has 2 aromatic rings. The number of benzene rings is 2. The maximum atomic E-state index is 16.1. The fraction of sp³-hybridized carbons (Fsp3) is 0.296. The number of nitrogens with zero attached hydrogens (tertiary/aromatic N) is 4. The van der Waals surface area contributed by atoms with Crippen molar-refractivity contribution in [2.24, 2.45) is 15.0 Å². The SMILES string of the molecule is C#Cc1c(F)ccc2cccc(C3=C(F)C(=NCC)/C(=C(\N=C)N4CC5CCC(C4)N5)C=N3)c12. The molecule has 0 aromatic heterocycles. The van der Waals surface area contributed by atoms with Crippen molar-refractivity contribution in [2.75, 3.05) is 19.6 Å². The average molecular weight is 458 g/mol. The van der Waals surface area contributed by atoms with Crippen molar-refractivity contribution < 1.29 is 8.78 Å². The van der Waals surface area contributed by atoms with Crippen LogP contribution < -0.4 is 5.32 Å². The molecule has 7 heteroatoms. The number of hydrogen-bond donors (Lipinski definition) is 1. The van der Waals surface area contributed by atoms with Crippen LogP contribution in [-0.4, -0.2) is 55.3 Å². The summed E-state index contributed by atoms with van der Waals surface area (Å²) in [5.41, 5.74) is 1.27. The highest BCUT2D eigenvalue weighted by Gasteiger charge is 2.35. The number of aliphatic imine (C=N–C) groups is 3. The summed E-state index contributed by atoms with van der Waals surface area (Å²) in [6.07, 6.45) is 9.43. The van der Waals surface area contributed by atoms with Crippen LogP contribution in [0, 0.1) is 18.2 Å². The lowest BCUT2D eigenvalue weighted by molar-refractivity contribution is 0.241. The van der Waals surface area contributed by atoms with Crippen molar-refractivity contribution >= 4 is 35.1 Å². The lowest BCUT2D eigenvalue weighted by Crippen LogP contribution is -2.50. The Bertz CT molecular complexity index is 1330. The molecular weight excluding hydrogens is 432 g/mol. The first-order valence-corrected chi connectivity index (χ1v) is 11.4. The fourth-order valence-electron chi connectivity index (χ4n) is 5.16. The predicted molar refractivity (Wildman–Crippen MR) is 134 cm³/mol. The molecule has 0 spiro atoms. The van der Waals surface area contributed by atoms with Crippen LogP contribution in [0.25, 0.3) is 16.5 Å². The second kappa shape index (κ2) is 8.96. The highest BCUT2D eigenvalue weighted by Crippen LogP contribution is 2.36. The third-order valence-corrected chi connectivity index (χ3v) is 6.61. The van der Waals surface area contributed by atoms with E-state index in [1.165, 1.54) is 6.07 Å². The Hall–Kier alpha value is -3.63. The van der Waals surface area contributed by atoms with E-state index in [2.05, 4.69) is 37.8 Å². The van der Waals surface area contributed by atoms with E-state index in [0.29, 0.717) is 46.4 Å². The molecule has 0 radical (unpaired) electrons. The lowest BCUT2D eigenvalue weighted by Gasteiger charge is -2.35. The van der Waals surface area contributed by atoms with Gasteiger partial charge in [0.1, 0.15) is 23.0 Å². The van der Waals surface area contributed by atoms with Gasteiger partial charge in [-0.15, -0.1) is 6.42 Å². The van der Waals surface area contributed by atoms with E-state index in [1.54, 1.807) is 24.4 Å². The van der Waals surface area contributed by atoms with Crippen LogP contribution in [-0.2, 0) is 0 Å². The number of halogens is 2. The normalized spacial score (nSPS) is 24.6. The van der Waals surface area contributed by atoms with E-state index in [0.717, 1.165) is 25.9 Å². The number of allylic oxidation sites excluding steroid dienone is 2. The van der Waals surface area contributed by atoms with Gasteiger partial charge in [0.15, 0.2) is 5.83 Å². The van der Waals surface area contributed by atoms with E-state index in [4.69, 9.17) is 6.42 Å². The van der Waals surface area contributed by atoms with Gasteiger partial charge in [-0.05, 0) is 37.9 Å². The molecule has 0 aliphatic carbocycles. The third-order valence-electron chi connectivity index (χ3n) is 6.61. The van der Waals surface area contributed by atoms with E-state index in [1.807, 2.05) is 13.0 Å². The summed E-state index contributed by atoms with van der Waals surface area (Å²) in [6, 6.07) is 9.01. The molecule has 1 N–H and O–H groups in total. The minimum Gasteiger partial charge on any atom is -0.353 e. The van der Waals surface area contributed by atoms with Crippen molar-refractivity contribution in [3.8, 4) is 12.3 Å². The number of piperazine rings is 1. The third kappa shape index (κ3) is 3.64. The van der Waals surface area contributed by atoms with Crippen molar-refractivity contribution in [1.29, 1.82) is 0 Å². The number of nitrogens with one attached hydrogen (secondary N) is 1. The smallest absolute Gasteiger partial charge is 0.175 e. The summed E-state index contributed by atoms with van der Waals surface area (Å²) in [5.74, 6) is 1.88. The molecule has 2 atom stereocenters. The number of fused-ring (bicyclic) bond motifs is 3. The largest absolute Gasteiger partial charge is 0.353 e. The van der Waals surface area contributed by atoms with Crippen molar-refractivity contribution in [3.05, 3.63) is 64.5 Å². The van der Waals surface area contributed by atoms with Crippen molar-refractivity contribution in [3.63, 3.8) is 0 Å². The van der Waals surface area contributed by atoms with Crippen LogP contribution in [0.4, 0.5) is 8.78 Å². The second-order valence-corrected chi connectivity index (χ2v) is 8.65. The van der Waals surface area contributed by atoms with Gasteiger partial charge >= 0.3 is 0 Å². The molecule has 0 amide bonds. The number of hydrogen-bond acceptors (Lipinski definition) is 5. The fourth-order valence-corrected chi connectivity index (χ4v) is 5.16. The minimum atomic E-state index is -0.585. The summed E-state index contributed by atoms with van der Waals surface area (Å²) in [4.78, 5) is 15.4. The number of terminal acetylenes is 1. The Morgan fingerprint density at radius 3 is 2.68 bits per heavy atom. The maximum Gasteiger partial charge on any atom is 0.175 e. The Kier molecular flexibility index (Phi) is 5.84. The molecule has 172 valence electrons.